The second-order valence-electron chi connectivity index (χ2n) is 6.86. The molecule has 154 valence electrons. The van der Waals surface area contributed by atoms with Gasteiger partial charge in [0.05, 0.1) is 24.8 Å². The van der Waals surface area contributed by atoms with Crippen molar-refractivity contribution in [3.05, 3.63) is 30.7 Å². The smallest absolute Gasteiger partial charge is 0.225 e. The molecule has 1 aliphatic heterocycles. The van der Waals surface area contributed by atoms with Gasteiger partial charge in [0.25, 0.3) is 0 Å². The van der Waals surface area contributed by atoms with Crippen molar-refractivity contribution in [3.8, 4) is 17.0 Å². The lowest BCUT2D eigenvalue weighted by Gasteiger charge is -2.21. The number of anilines is 1. The summed E-state index contributed by atoms with van der Waals surface area (Å²) in [6, 6.07) is 3.78. The van der Waals surface area contributed by atoms with Crippen LogP contribution in [0.3, 0.4) is 0 Å². The quantitative estimate of drug-likeness (QED) is 0.677. The maximum atomic E-state index is 12.2. The molecule has 0 amide bonds. The molecule has 0 aliphatic carbocycles. The predicted molar refractivity (Wildman–Crippen MR) is 112 cm³/mol. The van der Waals surface area contributed by atoms with E-state index >= 15 is 0 Å². The average molecular weight is 417 g/mol. The topological polar surface area (TPSA) is 104 Å². The molecule has 0 atom stereocenters. The van der Waals surface area contributed by atoms with E-state index in [0.717, 1.165) is 28.7 Å². The zero-order valence-corrected chi connectivity index (χ0v) is 17.3. The summed E-state index contributed by atoms with van der Waals surface area (Å²) < 4.78 is 31.2. The summed E-state index contributed by atoms with van der Waals surface area (Å²) in [5, 5.41) is 0.921. The lowest BCUT2D eigenvalue weighted by atomic mass is 10.1. The van der Waals surface area contributed by atoms with E-state index in [4.69, 9.17) is 9.72 Å². The number of fused-ring (bicyclic) bond motifs is 1. The van der Waals surface area contributed by atoms with Crippen molar-refractivity contribution in [3.63, 3.8) is 0 Å². The minimum Gasteiger partial charge on any atom is -0.495 e. The Labute approximate surface area is 169 Å². The number of aromatic nitrogens is 4. The van der Waals surface area contributed by atoms with Gasteiger partial charge in [0.15, 0.2) is 0 Å². The van der Waals surface area contributed by atoms with Crippen molar-refractivity contribution in [2.24, 2.45) is 0 Å². The van der Waals surface area contributed by atoms with Crippen LogP contribution in [-0.4, -0.2) is 71.7 Å². The lowest BCUT2D eigenvalue weighted by Crippen LogP contribution is -2.36. The highest BCUT2D eigenvalue weighted by atomic mass is 32.2. The van der Waals surface area contributed by atoms with Crippen LogP contribution in [0.1, 0.15) is 13.3 Å². The Hall–Kier alpha value is -2.72. The third-order valence-electron chi connectivity index (χ3n) is 5.16. The monoisotopic (exact) mass is 416 g/mol. The summed E-state index contributed by atoms with van der Waals surface area (Å²) in [6.07, 6.45) is 6.01. The number of ether oxygens (including phenoxy) is 1. The van der Waals surface area contributed by atoms with Gasteiger partial charge in [-0.15, -0.1) is 0 Å². The molecule has 29 heavy (non-hydrogen) atoms. The molecule has 10 heteroatoms. The fourth-order valence-electron chi connectivity index (χ4n) is 3.51. The summed E-state index contributed by atoms with van der Waals surface area (Å²) in [5.74, 6) is 1.40. The second kappa shape index (κ2) is 7.96. The SMILES string of the molecule is CCS(=O)(=O)N1CCCN(c2nccc(-c3c[nH]c4ncc(OC)cc34)n2)CC1. The summed E-state index contributed by atoms with van der Waals surface area (Å²) in [4.78, 5) is 18.8. The van der Waals surface area contributed by atoms with Crippen LogP contribution in [-0.2, 0) is 10.0 Å². The third-order valence-corrected chi connectivity index (χ3v) is 7.04. The number of pyridine rings is 1. The first-order chi connectivity index (χ1) is 14.0. The van der Waals surface area contributed by atoms with E-state index in [0.29, 0.717) is 37.9 Å². The van der Waals surface area contributed by atoms with Gasteiger partial charge < -0.3 is 14.6 Å². The maximum Gasteiger partial charge on any atom is 0.225 e. The number of hydrogen-bond acceptors (Lipinski definition) is 7. The van der Waals surface area contributed by atoms with E-state index in [1.165, 1.54) is 0 Å². The summed E-state index contributed by atoms with van der Waals surface area (Å²) >= 11 is 0. The Morgan fingerprint density at radius 3 is 2.86 bits per heavy atom. The highest BCUT2D eigenvalue weighted by Gasteiger charge is 2.24. The van der Waals surface area contributed by atoms with Crippen molar-refractivity contribution in [2.75, 3.05) is 43.9 Å². The largest absolute Gasteiger partial charge is 0.495 e. The molecule has 0 aromatic carbocycles. The van der Waals surface area contributed by atoms with Gasteiger partial charge in [-0.2, -0.15) is 0 Å². The molecular formula is C19H24N6O3S. The minimum absolute atomic E-state index is 0.122. The Bertz CT molecular complexity index is 1110. The number of aromatic amines is 1. The first kappa shape index (κ1) is 19.6. The van der Waals surface area contributed by atoms with Gasteiger partial charge in [0.2, 0.25) is 16.0 Å². The Morgan fingerprint density at radius 2 is 2.07 bits per heavy atom. The van der Waals surface area contributed by atoms with E-state index in [1.54, 1.807) is 30.7 Å². The Kier molecular flexibility index (Phi) is 5.37. The fraction of sp³-hybridized carbons (Fsp3) is 0.421. The normalized spacial score (nSPS) is 16.1. The number of hydrogen-bond donors (Lipinski definition) is 1. The number of H-pyrrole nitrogens is 1. The molecule has 1 fully saturated rings. The molecule has 0 unspecified atom stereocenters. The van der Waals surface area contributed by atoms with Gasteiger partial charge in [0, 0.05) is 49.5 Å². The molecule has 0 saturated carbocycles. The molecule has 1 saturated heterocycles. The van der Waals surface area contributed by atoms with Gasteiger partial charge >= 0.3 is 0 Å². The Morgan fingerprint density at radius 1 is 1.21 bits per heavy atom. The number of sulfonamides is 1. The number of nitrogens with zero attached hydrogens (tertiary/aromatic N) is 5. The van der Waals surface area contributed by atoms with Crippen molar-refractivity contribution in [2.45, 2.75) is 13.3 Å². The summed E-state index contributed by atoms with van der Waals surface area (Å²) in [6.45, 7) is 3.92. The zero-order valence-electron chi connectivity index (χ0n) is 16.5. The van der Waals surface area contributed by atoms with Crippen LogP contribution in [0.2, 0.25) is 0 Å². The lowest BCUT2D eigenvalue weighted by molar-refractivity contribution is 0.414. The molecule has 3 aromatic heterocycles. The van der Waals surface area contributed by atoms with Crippen molar-refractivity contribution in [1.82, 2.24) is 24.2 Å². The van der Waals surface area contributed by atoms with Gasteiger partial charge in [-0.3, -0.25) is 0 Å². The first-order valence-electron chi connectivity index (χ1n) is 9.59. The molecule has 4 rings (SSSR count). The molecule has 0 bridgehead atoms. The second-order valence-corrected chi connectivity index (χ2v) is 9.11. The number of methoxy groups -OCH3 is 1. The first-order valence-corrected chi connectivity index (χ1v) is 11.2. The number of rotatable bonds is 5. The molecule has 0 radical (unpaired) electrons. The highest BCUT2D eigenvalue weighted by molar-refractivity contribution is 7.89. The van der Waals surface area contributed by atoms with Crippen LogP contribution < -0.4 is 9.64 Å². The number of nitrogens with one attached hydrogen (secondary N) is 1. The van der Waals surface area contributed by atoms with Crippen LogP contribution in [0.25, 0.3) is 22.3 Å². The molecule has 1 N–H and O–H groups in total. The van der Waals surface area contributed by atoms with E-state index in [-0.39, 0.29) is 5.75 Å². The molecule has 3 aromatic rings. The maximum absolute atomic E-state index is 12.2. The molecular weight excluding hydrogens is 392 g/mol. The third kappa shape index (κ3) is 3.90. The van der Waals surface area contributed by atoms with E-state index in [2.05, 4.69) is 15.0 Å². The van der Waals surface area contributed by atoms with Crippen molar-refractivity contribution < 1.29 is 13.2 Å². The fourth-order valence-corrected chi connectivity index (χ4v) is 4.65. The molecule has 9 nitrogen and oxygen atoms in total. The van der Waals surface area contributed by atoms with E-state index in [9.17, 15) is 8.42 Å². The standard InChI is InChI=1S/C19H24N6O3S/c1-3-29(26,27)25-8-4-7-24(9-10-25)19-20-6-5-17(23-19)16-13-22-18-15(16)11-14(28-2)12-21-18/h5-6,11-13H,3-4,7-10H2,1-2H3,(H,21,22). The molecule has 1 aliphatic rings. The van der Waals surface area contributed by atoms with Gasteiger partial charge in [-0.1, -0.05) is 0 Å². The summed E-state index contributed by atoms with van der Waals surface area (Å²) in [7, 11) is -1.57. The van der Waals surface area contributed by atoms with Crippen LogP contribution in [0.5, 0.6) is 5.75 Å². The average Bonchev–Trinajstić information content (AvgIpc) is 3.00. The predicted octanol–water partition coefficient (Wildman–Crippen LogP) is 1.89. The van der Waals surface area contributed by atoms with E-state index < -0.39 is 10.0 Å². The molecule has 4 heterocycles. The van der Waals surface area contributed by atoms with Crippen LogP contribution >= 0.6 is 0 Å². The van der Waals surface area contributed by atoms with Gasteiger partial charge in [0.1, 0.15) is 11.4 Å². The van der Waals surface area contributed by atoms with Crippen LogP contribution in [0.4, 0.5) is 5.95 Å². The van der Waals surface area contributed by atoms with E-state index in [1.807, 2.05) is 23.2 Å². The Balaban J connectivity index is 1.61. The van der Waals surface area contributed by atoms with Crippen LogP contribution in [0, 0.1) is 0 Å². The summed E-state index contributed by atoms with van der Waals surface area (Å²) in [5.41, 5.74) is 2.45. The van der Waals surface area contributed by atoms with Crippen molar-refractivity contribution >= 4 is 27.0 Å². The van der Waals surface area contributed by atoms with Gasteiger partial charge in [-0.05, 0) is 25.5 Å². The molecule has 0 spiro atoms. The minimum atomic E-state index is -3.18. The van der Waals surface area contributed by atoms with Gasteiger partial charge in [-0.25, -0.2) is 27.7 Å². The highest BCUT2D eigenvalue weighted by Crippen LogP contribution is 2.29. The van der Waals surface area contributed by atoms with Crippen molar-refractivity contribution in [1.29, 1.82) is 0 Å². The zero-order chi connectivity index (χ0) is 20.4. The van der Waals surface area contributed by atoms with Crippen LogP contribution in [0.15, 0.2) is 30.7 Å².